The SMILES string of the molecule is Oc1[nH]c2ccccc2c1C=NCc1ccc(Cl)c(Cl)c1. The number of nitrogens with zero attached hydrogens (tertiary/aromatic N) is 1. The molecule has 2 N–H and O–H groups in total. The highest BCUT2D eigenvalue weighted by molar-refractivity contribution is 6.42. The Kier molecular flexibility index (Phi) is 3.86. The van der Waals surface area contributed by atoms with Gasteiger partial charge in [0.15, 0.2) is 5.88 Å². The summed E-state index contributed by atoms with van der Waals surface area (Å²) < 4.78 is 0. The maximum atomic E-state index is 9.93. The van der Waals surface area contributed by atoms with Crippen molar-refractivity contribution in [1.29, 1.82) is 0 Å². The first kappa shape index (κ1) is 14.0. The van der Waals surface area contributed by atoms with E-state index in [0.717, 1.165) is 16.5 Å². The highest BCUT2D eigenvalue weighted by atomic mass is 35.5. The van der Waals surface area contributed by atoms with Gasteiger partial charge in [-0.15, -0.1) is 0 Å². The van der Waals surface area contributed by atoms with Crippen LogP contribution in [0.4, 0.5) is 0 Å². The monoisotopic (exact) mass is 318 g/mol. The number of para-hydroxylation sites is 1. The lowest BCUT2D eigenvalue weighted by Crippen LogP contribution is -1.85. The van der Waals surface area contributed by atoms with Crippen LogP contribution >= 0.6 is 23.2 Å². The Morgan fingerprint density at radius 3 is 2.71 bits per heavy atom. The molecule has 0 bridgehead atoms. The fourth-order valence-electron chi connectivity index (χ4n) is 2.16. The van der Waals surface area contributed by atoms with Crippen molar-refractivity contribution in [3.63, 3.8) is 0 Å². The van der Waals surface area contributed by atoms with Gasteiger partial charge in [-0.25, -0.2) is 0 Å². The molecule has 3 aromatic rings. The number of H-pyrrole nitrogens is 1. The van der Waals surface area contributed by atoms with Gasteiger partial charge in [0.1, 0.15) is 0 Å². The molecule has 0 amide bonds. The standard InChI is InChI=1S/C16H12Cl2N2O/c17-13-6-5-10(7-14(13)18)8-19-9-12-11-3-1-2-4-15(11)20-16(12)21/h1-7,9,20-21H,8H2. The third-order valence-corrected chi connectivity index (χ3v) is 3.94. The van der Waals surface area contributed by atoms with E-state index in [2.05, 4.69) is 9.98 Å². The summed E-state index contributed by atoms with van der Waals surface area (Å²) in [6.45, 7) is 0.468. The Labute approximate surface area is 131 Å². The molecule has 0 radical (unpaired) electrons. The maximum Gasteiger partial charge on any atom is 0.198 e. The summed E-state index contributed by atoms with van der Waals surface area (Å²) in [6, 6.07) is 13.1. The summed E-state index contributed by atoms with van der Waals surface area (Å²) >= 11 is 11.8. The first-order valence-electron chi connectivity index (χ1n) is 6.38. The molecule has 0 saturated carbocycles. The molecule has 106 valence electrons. The topological polar surface area (TPSA) is 48.4 Å². The number of rotatable bonds is 3. The molecule has 0 aliphatic rings. The van der Waals surface area contributed by atoms with Crippen LogP contribution < -0.4 is 0 Å². The van der Waals surface area contributed by atoms with E-state index in [1.54, 1.807) is 18.3 Å². The van der Waals surface area contributed by atoms with E-state index < -0.39 is 0 Å². The second kappa shape index (κ2) is 5.80. The molecule has 0 spiro atoms. The molecule has 2 aromatic carbocycles. The molecular formula is C16H12Cl2N2O. The normalized spacial score (nSPS) is 11.5. The Balaban J connectivity index is 1.84. The zero-order chi connectivity index (χ0) is 14.8. The van der Waals surface area contributed by atoms with Crippen molar-refractivity contribution < 1.29 is 5.11 Å². The van der Waals surface area contributed by atoms with Crippen LogP contribution in [0.1, 0.15) is 11.1 Å². The summed E-state index contributed by atoms with van der Waals surface area (Å²) in [4.78, 5) is 7.28. The first-order valence-corrected chi connectivity index (χ1v) is 7.14. The molecule has 0 unspecified atom stereocenters. The van der Waals surface area contributed by atoms with Gasteiger partial charge in [-0.2, -0.15) is 0 Å². The molecule has 21 heavy (non-hydrogen) atoms. The van der Waals surface area contributed by atoms with E-state index in [-0.39, 0.29) is 5.88 Å². The number of aromatic amines is 1. The minimum atomic E-state index is 0.120. The number of aromatic nitrogens is 1. The van der Waals surface area contributed by atoms with Crippen molar-refractivity contribution in [1.82, 2.24) is 4.98 Å². The van der Waals surface area contributed by atoms with Crippen LogP contribution in [0, 0.1) is 0 Å². The molecule has 1 heterocycles. The van der Waals surface area contributed by atoms with E-state index in [0.29, 0.717) is 22.2 Å². The van der Waals surface area contributed by atoms with E-state index in [1.165, 1.54) is 0 Å². The van der Waals surface area contributed by atoms with Crippen molar-refractivity contribution in [3.05, 3.63) is 63.6 Å². The van der Waals surface area contributed by atoms with Crippen molar-refractivity contribution in [2.24, 2.45) is 4.99 Å². The predicted molar refractivity (Wildman–Crippen MR) is 87.7 cm³/mol. The Morgan fingerprint density at radius 1 is 1.10 bits per heavy atom. The van der Waals surface area contributed by atoms with Gasteiger partial charge in [0, 0.05) is 17.1 Å². The predicted octanol–water partition coefficient (Wildman–Crippen LogP) is 4.80. The highest BCUT2D eigenvalue weighted by Gasteiger charge is 2.07. The number of hydrogen-bond acceptors (Lipinski definition) is 2. The summed E-state index contributed by atoms with van der Waals surface area (Å²) in [5.74, 6) is 0.120. The van der Waals surface area contributed by atoms with Crippen molar-refractivity contribution in [3.8, 4) is 5.88 Å². The number of aromatic hydroxyl groups is 1. The molecule has 0 atom stereocenters. The van der Waals surface area contributed by atoms with Crippen LogP contribution in [0.5, 0.6) is 5.88 Å². The molecule has 3 nitrogen and oxygen atoms in total. The van der Waals surface area contributed by atoms with E-state index >= 15 is 0 Å². The smallest absolute Gasteiger partial charge is 0.198 e. The Bertz CT molecular complexity index is 824. The molecule has 0 saturated heterocycles. The van der Waals surface area contributed by atoms with Crippen LogP contribution in [-0.4, -0.2) is 16.3 Å². The van der Waals surface area contributed by atoms with Gasteiger partial charge in [-0.1, -0.05) is 47.5 Å². The average Bonchev–Trinajstić information content (AvgIpc) is 2.79. The second-order valence-electron chi connectivity index (χ2n) is 4.65. The molecule has 0 aliphatic heterocycles. The number of nitrogens with one attached hydrogen (secondary N) is 1. The van der Waals surface area contributed by atoms with E-state index in [4.69, 9.17) is 23.2 Å². The molecule has 5 heteroatoms. The molecule has 3 rings (SSSR count). The lowest BCUT2D eigenvalue weighted by Gasteiger charge is -1.99. The average molecular weight is 319 g/mol. The lowest BCUT2D eigenvalue weighted by molar-refractivity contribution is 0.457. The molecule has 1 aromatic heterocycles. The summed E-state index contributed by atoms with van der Waals surface area (Å²) in [7, 11) is 0. The molecule has 0 aliphatic carbocycles. The largest absolute Gasteiger partial charge is 0.494 e. The Morgan fingerprint density at radius 2 is 1.90 bits per heavy atom. The Hall–Kier alpha value is -1.97. The van der Waals surface area contributed by atoms with Gasteiger partial charge in [-0.3, -0.25) is 4.99 Å². The zero-order valence-corrected chi connectivity index (χ0v) is 12.5. The van der Waals surface area contributed by atoms with Crippen molar-refractivity contribution in [2.45, 2.75) is 6.54 Å². The lowest BCUT2D eigenvalue weighted by atomic mass is 10.2. The van der Waals surface area contributed by atoms with Gasteiger partial charge in [0.2, 0.25) is 0 Å². The fraction of sp³-hybridized carbons (Fsp3) is 0.0625. The van der Waals surface area contributed by atoms with Gasteiger partial charge in [0.25, 0.3) is 0 Å². The van der Waals surface area contributed by atoms with Crippen LogP contribution in [-0.2, 0) is 6.54 Å². The van der Waals surface area contributed by atoms with E-state index in [1.807, 2.05) is 30.3 Å². The second-order valence-corrected chi connectivity index (χ2v) is 5.47. The minimum Gasteiger partial charge on any atom is -0.494 e. The summed E-state index contributed by atoms with van der Waals surface area (Å²) in [5.41, 5.74) is 2.52. The van der Waals surface area contributed by atoms with Crippen LogP contribution in [0.3, 0.4) is 0 Å². The fourth-order valence-corrected chi connectivity index (χ4v) is 2.48. The van der Waals surface area contributed by atoms with Gasteiger partial charge in [0.05, 0.1) is 22.2 Å². The zero-order valence-electron chi connectivity index (χ0n) is 11.0. The number of aliphatic imine (C=N–C) groups is 1. The number of fused-ring (bicyclic) bond motifs is 1. The van der Waals surface area contributed by atoms with Crippen molar-refractivity contribution >= 4 is 40.3 Å². The quantitative estimate of drug-likeness (QED) is 0.669. The van der Waals surface area contributed by atoms with Crippen molar-refractivity contribution in [2.75, 3.05) is 0 Å². The van der Waals surface area contributed by atoms with Gasteiger partial charge < -0.3 is 10.1 Å². The third kappa shape index (κ3) is 2.89. The summed E-state index contributed by atoms with van der Waals surface area (Å²) in [5, 5.41) is 11.9. The third-order valence-electron chi connectivity index (χ3n) is 3.20. The summed E-state index contributed by atoms with van der Waals surface area (Å²) in [6.07, 6.45) is 1.66. The number of hydrogen-bond donors (Lipinski definition) is 2. The van der Waals surface area contributed by atoms with E-state index in [9.17, 15) is 5.11 Å². The van der Waals surface area contributed by atoms with Gasteiger partial charge >= 0.3 is 0 Å². The van der Waals surface area contributed by atoms with Crippen LogP contribution in [0.15, 0.2) is 47.5 Å². The number of halogens is 2. The maximum absolute atomic E-state index is 9.93. The number of benzene rings is 2. The molecule has 0 fully saturated rings. The van der Waals surface area contributed by atoms with Crippen LogP contribution in [0.25, 0.3) is 10.9 Å². The first-order chi connectivity index (χ1) is 10.1. The van der Waals surface area contributed by atoms with Gasteiger partial charge in [-0.05, 0) is 23.8 Å². The minimum absolute atomic E-state index is 0.120. The molecular weight excluding hydrogens is 307 g/mol. The van der Waals surface area contributed by atoms with Crippen LogP contribution in [0.2, 0.25) is 10.0 Å². The highest BCUT2D eigenvalue weighted by Crippen LogP contribution is 2.26.